The molecule has 0 radical (unpaired) electrons. The van der Waals surface area contributed by atoms with Gasteiger partial charge in [0, 0.05) is 5.88 Å². The summed E-state index contributed by atoms with van der Waals surface area (Å²) in [6.07, 6.45) is 2.89. The molecule has 1 saturated heterocycles. The van der Waals surface area contributed by atoms with Crippen LogP contribution in [0.25, 0.3) is 0 Å². The maximum Gasteiger partial charge on any atom is 0.305 e. The van der Waals surface area contributed by atoms with E-state index < -0.39 is 11.4 Å². The largest absolute Gasteiger partial charge is 0.305 e. The van der Waals surface area contributed by atoms with Gasteiger partial charge < -0.3 is 0 Å². The minimum Gasteiger partial charge on any atom is -0.266 e. The lowest BCUT2D eigenvalue weighted by Gasteiger charge is -2.02. The smallest absolute Gasteiger partial charge is 0.266 e. The van der Waals surface area contributed by atoms with Gasteiger partial charge in [-0.15, -0.1) is 11.6 Å². The molecule has 0 saturated carbocycles. The molecule has 0 amide bonds. The van der Waals surface area contributed by atoms with Crippen molar-refractivity contribution in [3.05, 3.63) is 0 Å². The maximum absolute atomic E-state index is 10.5. The van der Waals surface area contributed by atoms with Crippen molar-refractivity contribution in [1.82, 2.24) is 0 Å². The SMILES string of the molecule is O=S1OCC(CCCCCl)O1. The molecule has 3 nitrogen and oxygen atoms in total. The van der Waals surface area contributed by atoms with Gasteiger partial charge in [0.05, 0.1) is 6.61 Å². The second-order valence-corrected chi connectivity index (χ2v) is 3.61. The van der Waals surface area contributed by atoms with Crippen molar-refractivity contribution in [3.63, 3.8) is 0 Å². The minimum absolute atomic E-state index is 0.0130. The Hall–Kier alpha value is 0.360. The van der Waals surface area contributed by atoms with E-state index in [-0.39, 0.29) is 6.10 Å². The molecule has 0 bridgehead atoms. The van der Waals surface area contributed by atoms with Gasteiger partial charge in [0.2, 0.25) is 0 Å². The molecule has 0 aliphatic carbocycles. The van der Waals surface area contributed by atoms with Gasteiger partial charge in [-0.05, 0) is 19.3 Å². The van der Waals surface area contributed by atoms with Gasteiger partial charge in [-0.1, -0.05) is 0 Å². The zero-order chi connectivity index (χ0) is 8.10. The van der Waals surface area contributed by atoms with Crippen LogP contribution in [0.1, 0.15) is 19.3 Å². The average molecular weight is 199 g/mol. The van der Waals surface area contributed by atoms with Crippen LogP contribution in [0.15, 0.2) is 0 Å². The van der Waals surface area contributed by atoms with Crippen molar-refractivity contribution < 1.29 is 12.6 Å². The standard InChI is InChI=1S/C6H11ClO3S/c7-4-2-1-3-6-5-9-11(8)10-6/h6H,1-5H2. The number of halogens is 1. The summed E-state index contributed by atoms with van der Waals surface area (Å²) in [4.78, 5) is 0. The van der Waals surface area contributed by atoms with E-state index in [0.29, 0.717) is 12.5 Å². The zero-order valence-corrected chi connectivity index (χ0v) is 7.70. The highest BCUT2D eigenvalue weighted by Crippen LogP contribution is 2.14. The lowest BCUT2D eigenvalue weighted by atomic mass is 10.2. The van der Waals surface area contributed by atoms with Crippen LogP contribution in [0.2, 0.25) is 0 Å². The molecule has 1 aliphatic rings. The molecule has 2 unspecified atom stereocenters. The van der Waals surface area contributed by atoms with Gasteiger partial charge >= 0.3 is 11.4 Å². The Kier molecular flexibility index (Phi) is 4.37. The monoisotopic (exact) mass is 198 g/mol. The fraction of sp³-hybridized carbons (Fsp3) is 1.00. The summed E-state index contributed by atoms with van der Waals surface area (Å²) in [6, 6.07) is 0. The van der Waals surface area contributed by atoms with Gasteiger partial charge in [0.15, 0.2) is 0 Å². The molecule has 0 N–H and O–H groups in total. The van der Waals surface area contributed by atoms with Crippen molar-refractivity contribution >= 4 is 23.0 Å². The number of unbranched alkanes of at least 4 members (excludes halogenated alkanes) is 1. The normalized spacial score (nSPS) is 31.0. The summed E-state index contributed by atoms with van der Waals surface area (Å²) in [5, 5.41) is 0. The summed E-state index contributed by atoms with van der Waals surface area (Å²) in [6.45, 7) is 0.453. The first-order valence-electron chi connectivity index (χ1n) is 3.61. The molecular formula is C6H11ClO3S. The summed E-state index contributed by atoms with van der Waals surface area (Å²) in [5.41, 5.74) is 0. The zero-order valence-electron chi connectivity index (χ0n) is 6.12. The van der Waals surface area contributed by atoms with E-state index in [9.17, 15) is 4.21 Å². The van der Waals surface area contributed by atoms with Crippen LogP contribution < -0.4 is 0 Å². The predicted molar refractivity (Wildman–Crippen MR) is 43.5 cm³/mol. The van der Waals surface area contributed by atoms with Crippen LogP contribution in [-0.2, 0) is 19.7 Å². The first-order chi connectivity index (χ1) is 5.33. The van der Waals surface area contributed by atoms with E-state index >= 15 is 0 Å². The van der Waals surface area contributed by atoms with Crippen molar-refractivity contribution in [3.8, 4) is 0 Å². The number of hydrogen-bond acceptors (Lipinski definition) is 3. The fourth-order valence-corrected chi connectivity index (χ4v) is 1.78. The lowest BCUT2D eigenvalue weighted by molar-refractivity contribution is 0.223. The highest BCUT2D eigenvalue weighted by Gasteiger charge is 2.22. The topological polar surface area (TPSA) is 35.5 Å². The summed E-state index contributed by atoms with van der Waals surface area (Å²) in [5.74, 6) is 0.677. The van der Waals surface area contributed by atoms with Gasteiger partial charge in [-0.25, -0.2) is 0 Å². The van der Waals surface area contributed by atoms with Crippen LogP contribution in [0.5, 0.6) is 0 Å². The maximum atomic E-state index is 10.5. The van der Waals surface area contributed by atoms with Gasteiger partial charge in [0.1, 0.15) is 6.10 Å². The van der Waals surface area contributed by atoms with Crippen LogP contribution >= 0.6 is 11.6 Å². The summed E-state index contributed by atoms with van der Waals surface area (Å²) >= 11 is 3.99. The lowest BCUT2D eigenvalue weighted by Crippen LogP contribution is -2.08. The molecule has 66 valence electrons. The second-order valence-electron chi connectivity index (χ2n) is 2.39. The van der Waals surface area contributed by atoms with Gasteiger partial charge in [0.25, 0.3) is 0 Å². The molecule has 11 heavy (non-hydrogen) atoms. The molecule has 0 aromatic rings. The van der Waals surface area contributed by atoms with Crippen molar-refractivity contribution in [2.75, 3.05) is 12.5 Å². The molecule has 1 heterocycles. The number of rotatable bonds is 4. The molecule has 5 heteroatoms. The molecule has 0 aromatic carbocycles. The Morgan fingerprint density at radius 2 is 2.36 bits per heavy atom. The van der Waals surface area contributed by atoms with E-state index in [1.807, 2.05) is 0 Å². The van der Waals surface area contributed by atoms with Crippen molar-refractivity contribution in [1.29, 1.82) is 0 Å². The third kappa shape index (κ3) is 3.51. The van der Waals surface area contributed by atoms with E-state index in [2.05, 4.69) is 0 Å². The number of alkyl halides is 1. The molecule has 1 rings (SSSR count). The van der Waals surface area contributed by atoms with Crippen LogP contribution in [0.4, 0.5) is 0 Å². The summed E-state index contributed by atoms with van der Waals surface area (Å²) in [7, 11) is 0. The third-order valence-corrected chi connectivity index (χ3v) is 2.50. The van der Waals surface area contributed by atoms with E-state index in [1.54, 1.807) is 0 Å². The minimum atomic E-state index is -1.49. The summed E-state index contributed by atoms with van der Waals surface area (Å²) < 4.78 is 20.2. The highest BCUT2D eigenvalue weighted by molar-refractivity contribution is 7.75. The first kappa shape index (κ1) is 9.45. The van der Waals surface area contributed by atoms with Crippen LogP contribution in [0.3, 0.4) is 0 Å². The fourth-order valence-electron chi connectivity index (χ4n) is 0.896. The quantitative estimate of drug-likeness (QED) is 0.506. The molecule has 2 atom stereocenters. The van der Waals surface area contributed by atoms with Crippen LogP contribution in [-0.4, -0.2) is 22.8 Å². The average Bonchev–Trinajstić information content (AvgIpc) is 2.37. The first-order valence-corrected chi connectivity index (χ1v) is 5.14. The van der Waals surface area contributed by atoms with Gasteiger partial charge in [-0.3, -0.25) is 8.37 Å². The Balaban J connectivity index is 2.04. The van der Waals surface area contributed by atoms with Gasteiger partial charge in [-0.2, -0.15) is 4.21 Å². The molecule has 0 aromatic heterocycles. The Bertz CT molecular complexity index is 142. The Morgan fingerprint density at radius 1 is 1.55 bits per heavy atom. The van der Waals surface area contributed by atoms with E-state index in [4.69, 9.17) is 20.0 Å². The van der Waals surface area contributed by atoms with Crippen LogP contribution in [0, 0.1) is 0 Å². The highest BCUT2D eigenvalue weighted by atomic mass is 35.5. The van der Waals surface area contributed by atoms with E-state index in [1.165, 1.54) is 0 Å². The molecule has 1 fully saturated rings. The predicted octanol–water partition coefficient (Wildman–Crippen LogP) is 1.39. The second kappa shape index (κ2) is 5.09. The van der Waals surface area contributed by atoms with Crippen molar-refractivity contribution in [2.45, 2.75) is 25.4 Å². The Labute approximate surface area is 73.9 Å². The third-order valence-electron chi connectivity index (χ3n) is 1.47. The van der Waals surface area contributed by atoms with Crippen molar-refractivity contribution in [2.24, 2.45) is 0 Å². The molecular weight excluding hydrogens is 188 g/mol. The number of hydrogen-bond donors (Lipinski definition) is 0. The molecule has 1 aliphatic heterocycles. The molecule has 0 spiro atoms. The Morgan fingerprint density at radius 3 is 2.91 bits per heavy atom. The van der Waals surface area contributed by atoms with E-state index in [0.717, 1.165) is 19.3 Å².